The number of halogens is 1. The van der Waals surface area contributed by atoms with Gasteiger partial charge in [0, 0.05) is 11.6 Å². The van der Waals surface area contributed by atoms with Crippen molar-refractivity contribution in [2.24, 2.45) is 5.92 Å². The summed E-state index contributed by atoms with van der Waals surface area (Å²) in [7, 11) is 0. The molecule has 3 rings (SSSR count). The first-order valence-electron chi connectivity index (χ1n) is 7.86. The van der Waals surface area contributed by atoms with Crippen molar-refractivity contribution in [1.82, 2.24) is 10.2 Å². The molecule has 1 aliphatic heterocycles. The van der Waals surface area contributed by atoms with Gasteiger partial charge < -0.3 is 4.90 Å². The number of hydrogen-bond acceptors (Lipinski definition) is 2. The van der Waals surface area contributed by atoms with Crippen molar-refractivity contribution < 1.29 is 4.79 Å². The van der Waals surface area contributed by atoms with Crippen LogP contribution in [0, 0.1) is 5.92 Å². The number of benzene rings is 1. The molecule has 1 unspecified atom stereocenters. The summed E-state index contributed by atoms with van der Waals surface area (Å²) in [5.74, 6) is 0.950. The lowest BCUT2D eigenvalue weighted by atomic mass is 10.1. The van der Waals surface area contributed by atoms with Crippen molar-refractivity contribution in [2.75, 3.05) is 6.54 Å². The molecule has 1 saturated carbocycles. The van der Waals surface area contributed by atoms with E-state index in [0.29, 0.717) is 5.92 Å². The second-order valence-corrected chi connectivity index (χ2v) is 7.16. The van der Waals surface area contributed by atoms with E-state index in [1.807, 2.05) is 29.2 Å². The number of rotatable bonds is 5. The molecule has 1 spiro atoms. The molecule has 1 saturated heterocycles. The number of nitrogens with zero attached hydrogens (tertiary/aromatic N) is 1. The van der Waals surface area contributed by atoms with Crippen molar-refractivity contribution in [1.29, 1.82) is 0 Å². The van der Waals surface area contributed by atoms with Gasteiger partial charge in [-0.1, -0.05) is 37.6 Å². The van der Waals surface area contributed by atoms with Crippen molar-refractivity contribution >= 4 is 17.5 Å². The second-order valence-electron chi connectivity index (χ2n) is 6.72. The maximum atomic E-state index is 12.7. The van der Waals surface area contributed by atoms with Gasteiger partial charge in [0.25, 0.3) is 0 Å². The summed E-state index contributed by atoms with van der Waals surface area (Å²) in [5, 5.41) is 4.26. The number of hydrogen-bond donors (Lipinski definition) is 1. The van der Waals surface area contributed by atoms with E-state index in [4.69, 9.17) is 11.6 Å². The highest BCUT2D eigenvalue weighted by molar-refractivity contribution is 6.30. The van der Waals surface area contributed by atoms with Crippen LogP contribution in [0.3, 0.4) is 0 Å². The van der Waals surface area contributed by atoms with Crippen LogP contribution in [-0.4, -0.2) is 22.9 Å². The van der Waals surface area contributed by atoms with Crippen molar-refractivity contribution in [3.05, 3.63) is 34.9 Å². The minimum atomic E-state index is -0.273. The molecule has 21 heavy (non-hydrogen) atoms. The maximum absolute atomic E-state index is 12.7. The molecule has 114 valence electrons. The Morgan fingerprint density at radius 1 is 1.43 bits per heavy atom. The molecule has 1 aromatic carbocycles. The summed E-state index contributed by atoms with van der Waals surface area (Å²) in [6, 6.07) is 7.84. The quantitative estimate of drug-likeness (QED) is 0.899. The van der Waals surface area contributed by atoms with Gasteiger partial charge in [-0.15, -0.1) is 0 Å². The SMILES string of the molecule is CC(C)CCCN1C(=O)C2(CC2)NC1c1cccc(Cl)c1. The Morgan fingerprint density at radius 3 is 2.81 bits per heavy atom. The molecule has 1 atom stereocenters. The fourth-order valence-corrected chi connectivity index (χ4v) is 3.32. The van der Waals surface area contributed by atoms with Crippen LogP contribution in [0.4, 0.5) is 0 Å². The Kier molecular flexibility index (Phi) is 3.98. The van der Waals surface area contributed by atoms with Gasteiger partial charge in [0.05, 0.1) is 0 Å². The van der Waals surface area contributed by atoms with Gasteiger partial charge in [0.1, 0.15) is 11.7 Å². The highest BCUT2D eigenvalue weighted by Gasteiger charge is 2.59. The molecule has 0 aromatic heterocycles. The van der Waals surface area contributed by atoms with Crippen LogP contribution in [0.2, 0.25) is 5.02 Å². The average molecular weight is 307 g/mol. The average Bonchev–Trinajstić information content (AvgIpc) is 3.16. The van der Waals surface area contributed by atoms with Gasteiger partial charge in [-0.05, 0) is 49.3 Å². The van der Waals surface area contributed by atoms with E-state index in [1.54, 1.807) is 0 Å². The highest BCUT2D eigenvalue weighted by Crippen LogP contribution is 2.46. The van der Waals surface area contributed by atoms with Gasteiger partial charge in [0.2, 0.25) is 5.91 Å². The van der Waals surface area contributed by atoms with Crippen LogP contribution in [0.5, 0.6) is 0 Å². The number of amides is 1. The van der Waals surface area contributed by atoms with Crippen LogP contribution in [0.25, 0.3) is 0 Å². The Balaban J connectivity index is 1.78. The lowest BCUT2D eigenvalue weighted by Gasteiger charge is -2.25. The van der Waals surface area contributed by atoms with Crippen LogP contribution in [-0.2, 0) is 4.79 Å². The highest BCUT2D eigenvalue weighted by atomic mass is 35.5. The first kappa shape index (κ1) is 14.9. The molecule has 1 aromatic rings. The predicted molar refractivity (Wildman–Crippen MR) is 85.1 cm³/mol. The minimum Gasteiger partial charge on any atom is -0.321 e. The fraction of sp³-hybridized carbons (Fsp3) is 0.588. The Labute approximate surface area is 131 Å². The van der Waals surface area contributed by atoms with Gasteiger partial charge in [-0.3, -0.25) is 10.1 Å². The summed E-state index contributed by atoms with van der Waals surface area (Å²) < 4.78 is 0. The molecule has 1 N–H and O–H groups in total. The molecule has 4 heteroatoms. The van der Waals surface area contributed by atoms with E-state index in [2.05, 4.69) is 19.2 Å². The lowest BCUT2D eigenvalue weighted by Crippen LogP contribution is -2.33. The lowest BCUT2D eigenvalue weighted by molar-refractivity contribution is -0.131. The molecular weight excluding hydrogens is 284 g/mol. The largest absolute Gasteiger partial charge is 0.321 e. The zero-order valence-electron chi connectivity index (χ0n) is 12.7. The van der Waals surface area contributed by atoms with E-state index in [0.717, 1.165) is 42.8 Å². The third-order valence-corrected chi connectivity index (χ3v) is 4.72. The summed E-state index contributed by atoms with van der Waals surface area (Å²) >= 11 is 6.11. The standard InChI is InChI=1S/C17H23ClN2O/c1-12(2)5-4-10-20-15(13-6-3-7-14(18)11-13)19-17(8-9-17)16(20)21/h3,6-7,11-12,15,19H,4-5,8-10H2,1-2H3. The predicted octanol–water partition coefficient (Wildman–Crippen LogP) is 3.74. The van der Waals surface area contributed by atoms with E-state index in [9.17, 15) is 4.79 Å². The molecule has 2 fully saturated rings. The smallest absolute Gasteiger partial charge is 0.244 e. The van der Waals surface area contributed by atoms with Gasteiger partial charge >= 0.3 is 0 Å². The summed E-state index contributed by atoms with van der Waals surface area (Å²) in [4.78, 5) is 14.7. The first-order valence-corrected chi connectivity index (χ1v) is 8.24. The molecule has 2 aliphatic rings. The molecule has 1 aliphatic carbocycles. The van der Waals surface area contributed by atoms with Crippen LogP contribution in [0.1, 0.15) is 51.3 Å². The Bertz CT molecular complexity index is 539. The van der Waals surface area contributed by atoms with Crippen molar-refractivity contribution in [3.8, 4) is 0 Å². The third-order valence-electron chi connectivity index (χ3n) is 4.49. The minimum absolute atomic E-state index is 0.0223. The molecular formula is C17H23ClN2O. The number of carbonyl (C=O) groups is 1. The Morgan fingerprint density at radius 2 is 2.19 bits per heavy atom. The van der Waals surface area contributed by atoms with Crippen molar-refractivity contribution in [3.63, 3.8) is 0 Å². The normalized spacial score (nSPS) is 23.3. The summed E-state index contributed by atoms with van der Waals surface area (Å²) in [5.41, 5.74) is 0.814. The molecule has 1 heterocycles. The molecule has 0 bridgehead atoms. The topological polar surface area (TPSA) is 32.3 Å². The fourth-order valence-electron chi connectivity index (χ4n) is 3.12. The first-order chi connectivity index (χ1) is 10.0. The summed E-state index contributed by atoms with van der Waals surface area (Å²) in [6.07, 6.45) is 4.11. The number of carbonyl (C=O) groups excluding carboxylic acids is 1. The summed E-state index contributed by atoms with van der Waals surface area (Å²) in [6.45, 7) is 5.27. The van der Waals surface area contributed by atoms with Crippen LogP contribution >= 0.6 is 11.6 Å². The number of nitrogens with one attached hydrogen (secondary N) is 1. The zero-order valence-corrected chi connectivity index (χ0v) is 13.5. The van der Waals surface area contributed by atoms with E-state index in [-0.39, 0.29) is 17.6 Å². The van der Waals surface area contributed by atoms with Gasteiger partial charge in [-0.25, -0.2) is 0 Å². The molecule has 1 amide bonds. The van der Waals surface area contributed by atoms with E-state index < -0.39 is 0 Å². The molecule has 0 radical (unpaired) electrons. The van der Waals surface area contributed by atoms with Crippen LogP contribution in [0.15, 0.2) is 24.3 Å². The monoisotopic (exact) mass is 306 g/mol. The second kappa shape index (κ2) is 5.62. The third kappa shape index (κ3) is 2.95. The van der Waals surface area contributed by atoms with Gasteiger partial charge in [-0.2, -0.15) is 0 Å². The maximum Gasteiger partial charge on any atom is 0.244 e. The van der Waals surface area contributed by atoms with E-state index >= 15 is 0 Å². The van der Waals surface area contributed by atoms with E-state index in [1.165, 1.54) is 0 Å². The Hall–Kier alpha value is -1.06. The van der Waals surface area contributed by atoms with Crippen LogP contribution < -0.4 is 5.32 Å². The zero-order chi connectivity index (χ0) is 15.0. The van der Waals surface area contributed by atoms with Crippen molar-refractivity contribution in [2.45, 2.75) is 51.2 Å². The van der Waals surface area contributed by atoms with Gasteiger partial charge in [0.15, 0.2) is 0 Å². The molecule has 3 nitrogen and oxygen atoms in total.